The summed E-state index contributed by atoms with van der Waals surface area (Å²) in [6.07, 6.45) is 3.70. The summed E-state index contributed by atoms with van der Waals surface area (Å²) in [6, 6.07) is 15.3. The van der Waals surface area contributed by atoms with Crippen LogP contribution in [0.25, 0.3) is 5.69 Å². The Labute approximate surface area is 169 Å². The molecule has 144 valence electrons. The van der Waals surface area contributed by atoms with Crippen LogP contribution in [0.3, 0.4) is 0 Å². The van der Waals surface area contributed by atoms with Gasteiger partial charge in [-0.2, -0.15) is 0 Å². The average Bonchev–Trinajstić information content (AvgIpc) is 3.11. The van der Waals surface area contributed by atoms with Crippen molar-refractivity contribution in [3.8, 4) is 5.69 Å². The minimum atomic E-state index is -0.343. The number of carbonyl (C=O) groups excluding carboxylic acids is 1. The normalized spacial score (nSPS) is 14.1. The molecule has 1 saturated heterocycles. The van der Waals surface area contributed by atoms with E-state index in [0.29, 0.717) is 16.5 Å². The Balaban J connectivity index is 1.53. The number of nitrogens with zero attached hydrogens (tertiary/aromatic N) is 4. The quantitative estimate of drug-likeness (QED) is 0.707. The second-order valence-electron chi connectivity index (χ2n) is 6.90. The van der Waals surface area contributed by atoms with Gasteiger partial charge in [-0.05, 0) is 56.5 Å². The minimum Gasteiger partial charge on any atom is -0.371 e. The summed E-state index contributed by atoms with van der Waals surface area (Å²) >= 11 is 6.25. The number of piperidine rings is 1. The lowest BCUT2D eigenvalue weighted by Gasteiger charge is -2.29. The third-order valence-electron chi connectivity index (χ3n) is 4.88. The molecule has 1 aliphatic heterocycles. The number of anilines is 2. The monoisotopic (exact) mass is 395 g/mol. The third-order valence-corrected chi connectivity index (χ3v) is 5.20. The van der Waals surface area contributed by atoms with Crippen molar-refractivity contribution in [3.05, 3.63) is 65.2 Å². The summed E-state index contributed by atoms with van der Waals surface area (Å²) in [6.45, 7) is 3.91. The van der Waals surface area contributed by atoms with Crippen LogP contribution in [0.5, 0.6) is 0 Å². The third kappa shape index (κ3) is 3.87. The number of aromatic nitrogens is 3. The van der Waals surface area contributed by atoms with E-state index in [-0.39, 0.29) is 11.7 Å². The van der Waals surface area contributed by atoms with Gasteiger partial charge in [-0.15, -0.1) is 5.10 Å². The van der Waals surface area contributed by atoms with Crippen molar-refractivity contribution in [3.63, 3.8) is 0 Å². The van der Waals surface area contributed by atoms with Gasteiger partial charge < -0.3 is 10.2 Å². The summed E-state index contributed by atoms with van der Waals surface area (Å²) in [7, 11) is 0. The summed E-state index contributed by atoms with van der Waals surface area (Å²) in [4.78, 5) is 19.3. The minimum absolute atomic E-state index is 0.112. The number of rotatable bonds is 4. The lowest BCUT2D eigenvalue weighted by atomic mass is 10.1. The van der Waals surface area contributed by atoms with Gasteiger partial charge in [0, 0.05) is 24.5 Å². The lowest BCUT2D eigenvalue weighted by Crippen LogP contribution is -2.29. The molecule has 3 aromatic rings. The molecule has 1 aromatic heterocycles. The van der Waals surface area contributed by atoms with Crippen LogP contribution in [0.15, 0.2) is 48.5 Å². The van der Waals surface area contributed by atoms with Crippen LogP contribution in [0, 0.1) is 6.92 Å². The van der Waals surface area contributed by atoms with Crippen molar-refractivity contribution in [2.45, 2.75) is 26.2 Å². The summed E-state index contributed by atoms with van der Waals surface area (Å²) in [5, 5.41) is 7.81. The highest BCUT2D eigenvalue weighted by atomic mass is 35.5. The van der Waals surface area contributed by atoms with Crippen LogP contribution < -0.4 is 10.2 Å². The number of hydrogen-bond acceptors (Lipinski definition) is 4. The standard InChI is InChI=1S/C21H22ClN5O/c1-15-23-20(25-27(15)19-11-4-3-10-18(19)22)21(28)24-16-8-7-9-17(14-16)26-12-5-2-6-13-26/h3-4,7-11,14H,2,5-6,12-13H2,1H3,(H,24,28). The molecule has 0 radical (unpaired) electrons. The van der Waals surface area contributed by atoms with Gasteiger partial charge in [0.1, 0.15) is 5.82 Å². The smallest absolute Gasteiger partial charge is 0.295 e. The van der Waals surface area contributed by atoms with Crippen molar-refractivity contribution >= 4 is 28.9 Å². The van der Waals surface area contributed by atoms with E-state index in [4.69, 9.17) is 11.6 Å². The maximum absolute atomic E-state index is 12.7. The molecule has 7 heteroatoms. The van der Waals surface area contributed by atoms with Crippen LogP contribution in [-0.2, 0) is 0 Å². The Kier molecular flexibility index (Phi) is 5.30. The molecular weight excluding hydrogens is 374 g/mol. The molecule has 1 fully saturated rings. The van der Waals surface area contributed by atoms with Crippen molar-refractivity contribution in [1.29, 1.82) is 0 Å². The van der Waals surface area contributed by atoms with Gasteiger partial charge in [0.25, 0.3) is 5.91 Å². The Bertz CT molecular complexity index is 994. The molecule has 6 nitrogen and oxygen atoms in total. The second-order valence-corrected chi connectivity index (χ2v) is 7.31. The molecule has 0 bridgehead atoms. The predicted octanol–water partition coefficient (Wildman–Crippen LogP) is 4.47. The van der Waals surface area contributed by atoms with E-state index < -0.39 is 0 Å². The van der Waals surface area contributed by atoms with Gasteiger partial charge in [0.15, 0.2) is 0 Å². The van der Waals surface area contributed by atoms with Gasteiger partial charge in [0.05, 0.1) is 10.7 Å². The number of carbonyl (C=O) groups is 1. The fourth-order valence-corrected chi connectivity index (χ4v) is 3.67. The summed E-state index contributed by atoms with van der Waals surface area (Å²) < 4.78 is 1.58. The molecular formula is C21H22ClN5O. The van der Waals surface area contributed by atoms with Crippen LogP contribution in [0.2, 0.25) is 5.02 Å². The number of hydrogen-bond donors (Lipinski definition) is 1. The molecule has 2 aromatic carbocycles. The molecule has 0 unspecified atom stereocenters. The van der Waals surface area contributed by atoms with Gasteiger partial charge >= 0.3 is 0 Å². The van der Waals surface area contributed by atoms with E-state index in [2.05, 4.69) is 26.4 Å². The Hall–Kier alpha value is -2.86. The molecule has 1 N–H and O–H groups in total. The molecule has 1 aliphatic rings. The number of para-hydroxylation sites is 1. The van der Waals surface area contributed by atoms with E-state index in [0.717, 1.165) is 24.5 Å². The predicted molar refractivity (Wildman–Crippen MR) is 112 cm³/mol. The number of nitrogens with one attached hydrogen (secondary N) is 1. The van der Waals surface area contributed by atoms with Crippen molar-refractivity contribution < 1.29 is 4.79 Å². The van der Waals surface area contributed by atoms with Crippen molar-refractivity contribution in [2.24, 2.45) is 0 Å². The molecule has 0 saturated carbocycles. The maximum Gasteiger partial charge on any atom is 0.295 e. The van der Waals surface area contributed by atoms with Gasteiger partial charge in [-0.1, -0.05) is 29.8 Å². The zero-order chi connectivity index (χ0) is 19.5. The van der Waals surface area contributed by atoms with Crippen LogP contribution in [0.4, 0.5) is 11.4 Å². The number of aryl methyl sites for hydroxylation is 1. The fourth-order valence-electron chi connectivity index (χ4n) is 3.46. The molecule has 0 aliphatic carbocycles. The average molecular weight is 396 g/mol. The molecule has 4 rings (SSSR count). The first-order valence-electron chi connectivity index (χ1n) is 9.47. The van der Waals surface area contributed by atoms with Gasteiger partial charge in [-0.3, -0.25) is 4.79 Å². The highest BCUT2D eigenvalue weighted by Gasteiger charge is 2.17. The van der Waals surface area contributed by atoms with Crippen LogP contribution >= 0.6 is 11.6 Å². The first-order chi connectivity index (χ1) is 13.6. The van der Waals surface area contributed by atoms with Crippen molar-refractivity contribution in [1.82, 2.24) is 14.8 Å². The highest BCUT2D eigenvalue weighted by Crippen LogP contribution is 2.24. The van der Waals surface area contributed by atoms with Crippen LogP contribution in [-0.4, -0.2) is 33.8 Å². The zero-order valence-electron chi connectivity index (χ0n) is 15.7. The van der Waals surface area contributed by atoms with Crippen LogP contribution in [0.1, 0.15) is 35.7 Å². The van der Waals surface area contributed by atoms with E-state index >= 15 is 0 Å². The van der Waals surface area contributed by atoms with Crippen molar-refractivity contribution in [2.75, 3.05) is 23.3 Å². The Morgan fingerprint density at radius 2 is 1.86 bits per heavy atom. The molecule has 0 atom stereocenters. The fraction of sp³-hybridized carbons (Fsp3) is 0.286. The van der Waals surface area contributed by atoms with E-state index in [1.807, 2.05) is 36.4 Å². The molecule has 2 heterocycles. The topological polar surface area (TPSA) is 63.1 Å². The second kappa shape index (κ2) is 8.02. The van der Waals surface area contributed by atoms with E-state index in [1.54, 1.807) is 17.7 Å². The molecule has 1 amide bonds. The Morgan fingerprint density at radius 1 is 1.07 bits per heavy atom. The molecule has 28 heavy (non-hydrogen) atoms. The van der Waals surface area contributed by atoms with Gasteiger partial charge in [0.2, 0.25) is 5.82 Å². The lowest BCUT2D eigenvalue weighted by molar-refractivity contribution is 0.101. The van der Waals surface area contributed by atoms with E-state index in [9.17, 15) is 4.79 Å². The van der Waals surface area contributed by atoms with E-state index in [1.165, 1.54) is 19.3 Å². The number of amides is 1. The summed E-state index contributed by atoms with van der Waals surface area (Å²) in [5.41, 5.74) is 2.56. The number of benzene rings is 2. The highest BCUT2D eigenvalue weighted by molar-refractivity contribution is 6.32. The first kappa shape index (κ1) is 18.5. The maximum atomic E-state index is 12.7. The zero-order valence-corrected chi connectivity index (χ0v) is 16.5. The summed E-state index contributed by atoms with van der Waals surface area (Å²) in [5.74, 6) is 0.366. The first-order valence-corrected chi connectivity index (χ1v) is 9.84. The van der Waals surface area contributed by atoms with Gasteiger partial charge in [-0.25, -0.2) is 9.67 Å². The number of halogens is 1. The SMILES string of the molecule is Cc1nc(C(=O)Nc2cccc(N3CCCCC3)c2)nn1-c1ccccc1Cl. The largest absolute Gasteiger partial charge is 0.371 e. The molecule has 0 spiro atoms. The Morgan fingerprint density at radius 3 is 2.64 bits per heavy atom.